The SMILES string of the molecule is C#Cc1ccc(C2C(C(=O)OCCC#N)=C(C)Nc3c(C)c[nH]c(=O)c32)c(OC)c1. The van der Waals surface area contributed by atoms with Crippen LogP contribution < -0.4 is 15.6 Å². The van der Waals surface area contributed by atoms with Gasteiger partial charge in [-0.3, -0.25) is 4.79 Å². The number of fused-ring (bicyclic) bond motifs is 1. The molecule has 0 amide bonds. The van der Waals surface area contributed by atoms with Crippen molar-refractivity contribution in [2.45, 2.75) is 26.2 Å². The van der Waals surface area contributed by atoms with E-state index in [1.807, 2.05) is 13.0 Å². The maximum absolute atomic E-state index is 13.0. The molecule has 0 saturated heterocycles. The first kappa shape index (κ1) is 20.8. The number of terminal acetylenes is 1. The molecule has 0 bridgehead atoms. The number of nitrogens with zero attached hydrogens (tertiary/aromatic N) is 1. The predicted molar refractivity (Wildman–Crippen MR) is 112 cm³/mol. The van der Waals surface area contributed by atoms with Crippen LogP contribution in [0.15, 0.2) is 40.5 Å². The molecule has 30 heavy (non-hydrogen) atoms. The summed E-state index contributed by atoms with van der Waals surface area (Å²) in [5.41, 5.74) is 3.59. The van der Waals surface area contributed by atoms with Crippen LogP contribution >= 0.6 is 0 Å². The number of carbonyl (C=O) groups excluding carboxylic acids is 1. The van der Waals surface area contributed by atoms with Gasteiger partial charge in [-0.05, 0) is 31.5 Å². The number of rotatable bonds is 5. The Balaban J connectivity index is 2.26. The Kier molecular flexibility index (Phi) is 5.94. The molecular formula is C23H21N3O4. The molecule has 0 aliphatic carbocycles. The first-order valence-electron chi connectivity index (χ1n) is 9.31. The third-order valence-corrected chi connectivity index (χ3v) is 5.00. The van der Waals surface area contributed by atoms with Crippen LogP contribution in [0, 0.1) is 30.6 Å². The van der Waals surface area contributed by atoms with Gasteiger partial charge in [0.25, 0.3) is 5.56 Å². The standard InChI is InChI=1S/C23H21N3O4/c1-5-15-7-8-16(17(11-15)29-4)19-18(23(28)30-10-6-9-24)14(3)26-21-13(2)12-25-22(27)20(19)21/h1,7-8,11-12,19,26H,6,10H2,2-4H3,(H,25,27). The zero-order valence-corrected chi connectivity index (χ0v) is 17.0. The zero-order valence-electron chi connectivity index (χ0n) is 17.0. The maximum Gasteiger partial charge on any atom is 0.336 e. The number of methoxy groups -OCH3 is 1. The highest BCUT2D eigenvalue weighted by molar-refractivity contribution is 5.95. The van der Waals surface area contributed by atoms with Crippen molar-refractivity contribution in [1.82, 2.24) is 4.98 Å². The van der Waals surface area contributed by atoms with Gasteiger partial charge in [-0.2, -0.15) is 5.26 Å². The van der Waals surface area contributed by atoms with Gasteiger partial charge in [0, 0.05) is 23.0 Å². The van der Waals surface area contributed by atoms with E-state index in [2.05, 4.69) is 16.2 Å². The predicted octanol–water partition coefficient (Wildman–Crippen LogP) is 2.96. The minimum atomic E-state index is -0.735. The van der Waals surface area contributed by atoms with Gasteiger partial charge in [0.1, 0.15) is 12.4 Å². The van der Waals surface area contributed by atoms with Gasteiger partial charge in [0.2, 0.25) is 0 Å². The van der Waals surface area contributed by atoms with Gasteiger partial charge in [-0.25, -0.2) is 4.79 Å². The van der Waals surface area contributed by atoms with Gasteiger partial charge in [-0.1, -0.05) is 12.0 Å². The number of hydrogen-bond donors (Lipinski definition) is 2. The highest BCUT2D eigenvalue weighted by atomic mass is 16.5. The Hall–Kier alpha value is -3.97. The first-order chi connectivity index (χ1) is 14.4. The van der Waals surface area contributed by atoms with E-state index in [9.17, 15) is 9.59 Å². The molecule has 0 spiro atoms. The Bertz CT molecular complexity index is 1180. The summed E-state index contributed by atoms with van der Waals surface area (Å²) in [6.45, 7) is 3.57. The molecule has 1 atom stereocenters. The molecule has 1 unspecified atom stereocenters. The van der Waals surface area contributed by atoms with Crippen LogP contribution in [-0.4, -0.2) is 24.7 Å². The van der Waals surface area contributed by atoms with Crippen LogP contribution in [-0.2, 0) is 9.53 Å². The Morgan fingerprint density at radius 2 is 2.10 bits per heavy atom. The van der Waals surface area contributed by atoms with Gasteiger partial charge >= 0.3 is 5.97 Å². The monoisotopic (exact) mass is 403 g/mol. The summed E-state index contributed by atoms with van der Waals surface area (Å²) in [7, 11) is 1.50. The minimum absolute atomic E-state index is 0.0387. The van der Waals surface area contributed by atoms with Crippen molar-refractivity contribution >= 4 is 11.7 Å². The van der Waals surface area contributed by atoms with E-state index in [-0.39, 0.29) is 24.2 Å². The van der Waals surface area contributed by atoms with Crippen LogP contribution in [0.25, 0.3) is 0 Å². The van der Waals surface area contributed by atoms with Gasteiger partial charge in [-0.15, -0.1) is 6.42 Å². The summed E-state index contributed by atoms with van der Waals surface area (Å²) in [5, 5.41) is 11.9. The number of H-pyrrole nitrogens is 1. The van der Waals surface area contributed by atoms with E-state index in [1.54, 1.807) is 31.3 Å². The van der Waals surface area contributed by atoms with E-state index in [0.29, 0.717) is 33.8 Å². The average Bonchev–Trinajstić information content (AvgIpc) is 2.75. The van der Waals surface area contributed by atoms with E-state index in [4.69, 9.17) is 21.2 Å². The highest BCUT2D eigenvalue weighted by Crippen LogP contribution is 2.44. The van der Waals surface area contributed by atoms with Crippen LogP contribution in [0.4, 0.5) is 5.69 Å². The fraction of sp³-hybridized carbons (Fsp3) is 0.261. The molecule has 1 aliphatic heterocycles. The molecule has 7 heteroatoms. The first-order valence-corrected chi connectivity index (χ1v) is 9.31. The summed E-state index contributed by atoms with van der Waals surface area (Å²) in [4.78, 5) is 28.6. The summed E-state index contributed by atoms with van der Waals surface area (Å²) in [6, 6.07) is 7.12. The van der Waals surface area contributed by atoms with Crippen molar-refractivity contribution in [3.05, 3.63) is 68.3 Å². The fourth-order valence-electron chi connectivity index (χ4n) is 3.60. The van der Waals surface area contributed by atoms with Crippen molar-refractivity contribution in [1.29, 1.82) is 5.26 Å². The zero-order chi connectivity index (χ0) is 21.8. The summed E-state index contributed by atoms with van der Waals surface area (Å²) >= 11 is 0. The normalized spacial score (nSPS) is 14.8. The fourth-order valence-corrected chi connectivity index (χ4v) is 3.60. The second kappa shape index (κ2) is 8.59. The molecule has 152 valence electrons. The molecule has 2 heterocycles. The third-order valence-electron chi connectivity index (χ3n) is 5.00. The van der Waals surface area contributed by atoms with Crippen molar-refractivity contribution in [3.63, 3.8) is 0 Å². The molecule has 1 aromatic heterocycles. The van der Waals surface area contributed by atoms with Crippen molar-refractivity contribution < 1.29 is 14.3 Å². The molecule has 1 aromatic carbocycles. The van der Waals surface area contributed by atoms with Gasteiger partial charge < -0.3 is 19.8 Å². The van der Waals surface area contributed by atoms with Crippen LogP contribution in [0.5, 0.6) is 5.75 Å². The number of aromatic nitrogens is 1. The molecule has 2 N–H and O–H groups in total. The molecule has 1 aliphatic rings. The number of hydrogen-bond acceptors (Lipinski definition) is 6. The number of carbonyl (C=O) groups is 1. The number of allylic oxidation sites excluding steroid dienone is 1. The smallest absolute Gasteiger partial charge is 0.336 e. The summed E-state index contributed by atoms with van der Waals surface area (Å²) in [6.07, 6.45) is 7.20. The number of nitriles is 1. The van der Waals surface area contributed by atoms with E-state index >= 15 is 0 Å². The second-order valence-electron chi connectivity index (χ2n) is 6.83. The lowest BCUT2D eigenvalue weighted by Gasteiger charge is -2.31. The highest BCUT2D eigenvalue weighted by Gasteiger charge is 2.37. The van der Waals surface area contributed by atoms with Crippen LogP contribution in [0.1, 0.15) is 41.5 Å². The molecule has 0 fully saturated rings. The van der Waals surface area contributed by atoms with Crippen molar-refractivity contribution in [3.8, 4) is 24.2 Å². The van der Waals surface area contributed by atoms with E-state index < -0.39 is 11.9 Å². The van der Waals surface area contributed by atoms with Crippen molar-refractivity contribution in [2.24, 2.45) is 0 Å². The number of ether oxygens (including phenoxy) is 2. The largest absolute Gasteiger partial charge is 0.496 e. The molecule has 7 nitrogen and oxygen atoms in total. The minimum Gasteiger partial charge on any atom is -0.496 e. The van der Waals surface area contributed by atoms with E-state index in [0.717, 1.165) is 5.56 Å². The number of benzene rings is 1. The molecule has 3 rings (SSSR count). The van der Waals surface area contributed by atoms with Crippen LogP contribution in [0.3, 0.4) is 0 Å². The van der Waals surface area contributed by atoms with Crippen LogP contribution in [0.2, 0.25) is 0 Å². The number of esters is 1. The average molecular weight is 403 g/mol. The number of aryl methyl sites for hydroxylation is 1. The van der Waals surface area contributed by atoms with Gasteiger partial charge in [0.05, 0.1) is 42.3 Å². The maximum atomic E-state index is 13.0. The van der Waals surface area contributed by atoms with Crippen molar-refractivity contribution in [2.75, 3.05) is 19.0 Å². The summed E-state index contributed by atoms with van der Waals surface area (Å²) in [5.74, 6) is 1.67. The van der Waals surface area contributed by atoms with Gasteiger partial charge in [0.15, 0.2) is 0 Å². The Labute approximate surface area is 174 Å². The molecule has 2 aromatic rings. The number of pyridine rings is 1. The lowest BCUT2D eigenvalue weighted by atomic mass is 9.80. The number of anilines is 1. The summed E-state index contributed by atoms with van der Waals surface area (Å²) < 4.78 is 10.8. The third kappa shape index (κ3) is 3.66. The lowest BCUT2D eigenvalue weighted by molar-refractivity contribution is -0.139. The molecule has 0 saturated carbocycles. The topological polar surface area (TPSA) is 104 Å². The molecular weight excluding hydrogens is 382 g/mol. The lowest BCUT2D eigenvalue weighted by Crippen LogP contribution is -2.30. The second-order valence-corrected chi connectivity index (χ2v) is 6.83. The van der Waals surface area contributed by atoms with E-state index in [1.165, 1.54) is 7.11 Å². The quantitative estimate of drug-likeness (QED) is 0.452. The molecule has 0 radical (unpaired) electrons. The Morgan fingerprint density at radius 3 is 2.77 bits per heavy atom. The Morgan fingerprint density at radius 1 is 1.33 bits per heavy atom. The number of nitrogens with one attached hydrogen (secondary N) is 2. The number of aromatic amines is 1.